The molecular weight excluding hydrogens is 404 g/mol. The SMILES string of the molecule is Cc1occc1-c1nnc(SC(C)C(=O)NCc2cccs2)n1-c1ccccc1. The highest BCUT2D eigenvalue weighted by atomic mass is 32.2. The summed E-state index contributed by atoms with van der Waals surface area (Å²) in [5.74, 6) is 1.43. The quantitative estimate of drug-likeness (QED) is 0.436. The number of carbonyl (C=O) groups is 1. The number of aryl methyl sites for hydroxylation is 1. The van der Waals surface area contributed by atoms with Gasteiger partial charge in [-0.3, -0.25) is 9.36 Å². The van der Waals surface area contributed by atoms with Crippen molar-refractivity contribution in [1.82, 2.24) is 20.1 Å². The molecule has 1 N–H and O–H groups in total. The highest BCUT2D eigenvalue weighted by Gasteiger charge is 2.23. The zero-order chi connectivity index (χ0) is 20.2. The van der Waals surface area contributed by atoms with E-state index in [1.54, 1.807) is 17.6 Å². The average molecular weight is 425 g/mol. The van der Waals surface area contributed by atoms with Gasteiger partial charge in [0.05, 0.1) is 23.6 Å². The molecule has 1 aromatic carbocycles. The van der Waals surface area contributed by atoms with E-state index in [0.717, 1.165) is 21.9 Å². The van der Waals surface area contributed by atoms with E-state index in [-0.39, 0.29) is 11.2 Å². The van der Waals surface area contributed by atoms with Crippen LogP contribution < -0.4 is 5.32 Å². The predicted molar refractivity (Wildman–Crippen MR) is 115 cm³/mol. The summed E-state index contributed by atoms with van der Waals surface area (Å²) in [5.41, 5.74) is 1.81. The first kappa shape index (κ1) is 19.5. The largest absolute Gasteiger partial charge is 0.469 e. The Kier molecular flexibility index (Phi) is 5.82. The summed E-state index contributed by atoms with van der Waals surface area (Å²) in [6, 6.07) is 15.7. The standard InChI is InChI=1S/C21H20N4O2S2/c1-14-18(10-11-27-14)19-23-24-21(25(19)16-7-4-3-5-8-16)29-15(2)20(26)22-13-17-9-6-12-28-17/h3-12,15H,13H2,1-2H3,(H,22,26). The van der Waals surface area contributed by atoms with Gasteiger partial charge in [0.25, 0.3) is 0 Å². The van der Waals surface area contributed by atoms with E-state index in [4.69, 9.17) is 4.42 Å². The average Bonchev–Trinajstić information content (AvgIpc) is 3.48. The van der Waals surface area contributed by atoms with Crippen molar-refractivity contribution >= 4 is 29.0 Å². The first-order valence-corrected chi connectivity index (χ1v) is 10.9. The second-order valence-corrected chi connectivity index (χ2v) is 8.77. The lowest BCUT2D eigenvalue weighted by Gasteiger charge is -2.13. The van der Waals surface area contributed by atoms with Crippen molar-refractivity contribution in [2.45, 2.75) is 30.8 Å². The Morgan fingerprint density at radius 3 is 2.72 bits per heavy atom. The van der Waals surface area contributed by atoms with Crippen molar-refractivity contribution < 1.29 is 9.21 Å². The number of carbonyl (C=O) groups excluding carboxylic acids is 1. The summed E-state index contributed by atoms with van der Waals surface area (Å²) in [6.07, 6.45) is 1.64. The van der Waals surface area contributed by atoms with E-state index in [1.807, 2.05) is 72.3 Å². The highest BCUT2D eigenvalue weighted by molar-refractivity contribution is 8.00. The number of thioether (sulfide) groups is 1. The summed E-state index contributed by atoms with van der Waals surface area (Å²) < 4.78 is 7.42. The van der Waals surface area contributed by atoms with Crippen LogP contribution in [0.15, 0.2) is 69.7 Å². The summed E-state index contributed by atoms with van der Waals surface area (Å²) in [5, 5.41) is 14.1. The fraction of sp³-hybridized carbons (Fsp3) is 0.190. The number of furan rings is 1. The van der Waals surface area contributed by atoms with E-state index in [9.17, 15) is 4.79 Å². The molecule has 4 aromatic rings. The maximum absolute atomic E-state index is 12.6. The Morgan fingerprint density at radius 1 is 1.21 bits per heavy atom. The second-order valence-electron chi connectivity index (χ2n) is 6.42. The number of para-hydroxylation sites is 1. The third kappa shape index (κ3) is 4.28. The smallest absolute Gasteiger partial charge is 0.233 e. The Morgan fingerprint density at radius 2 is 2.03 bits per heavy atom. The summed E-state index contributed by atoms with van der Waals surface area (Å²) >= 11 is 3.01. The monoisotopic (exact) mass is 424 g/mol. The van der Waals surface area contributed by atoms with Gasteiger partial charge in [-0.15, -0.1) is 21.5 Å². The van der Waals surface area contributed by atoms with Crippen LogP contribution in [0.25, 0.3) is 17.1 Å². The highest BCUT2D eigenvalue weighted by Crippen LogP contribution is 2.31. The van der Waals surface area contributed by atoms with Crippen LogP contribution in [0, 0.1) is 6.92 Å². The molecule has 0 radical (unpaired) electrons. The molecule has 148 valence electrons. The van der Waals surface area contributed by atoms with Crippen LogP contribution in [0.3, 0.4) is 0 Å². The van der Waals surface area contributed by atoms with Gasteiger partial charge >= 0.3 is 0 Å². The van der Waals surface area contributed by atoms with Gasteiger partial charge in [0.2, 0.25) is 5.91 Å². The van der Waals surface area contributed by atoms with E-state index in [0.29, 0.717) is 17.5 Å². The minimum Gasteiger partial charge on any atom is -0.469 e. The Labute approximate surface area is 177 Å². The Balaban J connectivity index is 1.59. The van der Waals surface area contributed by atoms with Gasteiger partial charge < -0.3 is 9.73 Å². The number of amides is 1. The maximum atomic E-state index is 12.6. The minimum absolute atomic E-state index is 0.0351. The fourth-order valence-electron chi connectivity index (χ4n) is 2.89. The molecule has 0 fully saturated rings. The van der Waals surface area contributed by atoms with E-state index in [2.05, 4.69) is 15.5 Å². The topological polar surface area (TPSA) is 72.9 Å². The molecule has 1 amide bonds. The number of hydrogen-bond acceptors (Lipinski definition) is 6. The maximum Gasteiger partial charge on any atom is 0.233 e. The summed E-state index contributed by atoms with van der Waals surface area (Å²) in [6.45, 7) is 4.31. The normalized spacial score (nSPS) is 12.1. The first-order valence-electron chi connectivity index (χ1n) is 9.15. The lowest BCUT2D eigenvalue weighted by molar-refractivity contribution is -0.120. The molecule has 0 aliphatic carbocycles. The molecule has 6 nitrogen and oxygen atoms in total. The van der Waals surface area contributed by atoms with Gasteiger partial charge in [-0.25, -0.2) is 0 Å². The molecule has 1 atom stereocenters. The van der Waals surface area contributed by atoms with Crippen molar-refractivity contribution in [3.05, 3.63) is 70.8 Å². The van der Waals surface area contributed by atoms with Gasteiger partial charge in [0.15, 0.2) is 11.0 Å². The van der Waals surface area contributed by atoms with Crippen LogP contribution in [0.2, 0.25) is 0 Å². The van der Waals surface area contributed by atoms with Crippen molar-refractivity contribution in [3.63, 3.8) is 0 Å². The van der Waals surface area contributed by atoms with Crippen molar-refractivity contribution in [1.29, 1.82) is 0 Å². The number of nitrogens with zero attached hydrogens (tertiary/aromatic N) is 3. The van der Waals surface area contributed by atoms with Gasteiger partial charge in [-0.2, -0.15) is 0 Å². The Bertz CT molecular complexity index is 1090. The van der Waals surface area contributed by atoms with Gasteiger partial charge in [-0.1, -0.05) is 36.0 Å². The third-order valence-electron chi connectivity index (χ3n) is 4.42. The van der Waals surface area contributed by atoms with Gasteiger partial charge in [0.1, 0.15) is 5.76 Å². The molecule has 3 heterocycles. The first-order chi connectivity index (χ1) is 14.1. The number of aromatic nitrogens is 3. The molecule has 0 saturated carbocycles. The molecule has 0 spiro atoms. The number of nitrogens with one attached hydrogen (secondary N) is 1. The van der Waals surface area contributed by atoms with Crippen molar-refractivity contribution in [2.24, 2.45) is 0 Å². The molecule has 29 heavy (non-hydrogen) atoms. The fourth-order valence-corrected chi connectivity index (χ4v) is 4.43. The number of thiophene rings is 1. The van der Waals surface area contributed by atoms with E-state index >= 15 is 0 Å². The molecule has 4 rings (SSSR count). The molecule has 1 unspecified atom stereocenters. The zero-order valence-electron chi connectivity index (χ0n) is 16.0. The summed E-state index contributed by atoms with van der Waals surface area (Å²) in [4.78, 5) is 13.7. The van der Waals surface area contributed by atoms with Crippen LogP contribution in [-0.2, 0) is 11.3 Å². The number of benzene rings is 1. The second kappa shape index (κ2) is 8.67. The lowest BCUT2D eigenvalue weighted by Crippen LogP contribution is -2.30. The predicted octanol–water partition coefficient (Wildman–Crippen LogP) is 4.69. The molecule has 0 saturated heterocycles. The van der Waals surface area contributed by atoms with E-state index in [1.165, 1.54) is 11.8 Å². The van der Waals surface area contributed by atoms with Crippen LogP contribution in [0.4, 0.5) is 0 Å². The van der Waals surface area contributed by atoms with Crippen LogP contribution in [0.1, 0.15) is 17.6 Å². The van der Waals surface area contributed by atoms with E-state index < -0.39 is 0 Å². The molecule has 0 bridgehead atoms. The van der Waals surface area contributed by atoms with Gasteiger partial charge in [-0.05, 0) is 43.5 Å². The number of rotatable bonds is 7. The Hall–Kier alpha value is -2.84. The zero-order valence-corrected chi connectivity index (χ0v) is 17.7. The molecule has 3 aromatic heterocycles. The number of hydrogen-bond donors (Lipinski definition) is 1. The van der Waals surface area contributed by atoms with Crippen LogP contribution in [0.5, 0.6) is 0 Å². The van der Waals surface area contributed by atoms with Crippen LogP contribution >= 0.6 is 23.1 Å². The molecular formula is C21H20N4O2S2. The van der Waals surface area contributed by atoms with Crippen molar-refractivity contribution in [2.75, 3.05) is 0 Å². The molecule has 0 aliphatic rings. The van der Waals surface area contributed by atoms with Gasteiger partial charge in [0, 0.05) is 10.6 Å². The summed E-state index contributed by atoms with van der Waals surface area (Å²) in [7, 11) is 0. The minimum atomic E-state index is -0.320. The van der Waals surface area contributed by atoms with Crippen molar-refractivity contribution in [3.8, 4) is 17.1 Å². The third-order valence-corrected chi connectivity index (χ3v) is 6.33. The molecule has 0 aliphatic heterocycles. The lowest BCUT2D eigenvalue weighted by atomic mass is 10.2. The molecule has 8 heteroatoms. The van der Waals surface area contributed by atoms with Crippen LogP contribution in [-0.4, -0.2) is 25.9 Å².